The third-order valence-electron chi connectivity index (χ3n) is 8.09. The van der Waals surface area contributed by atoms with E-state index < -0.39 is 8.24 Å². The summed E-state index contributed by atoms with van der Waals surface area (Å²) in [6.45, 7) is 16.5. The van der Waals surface area contributed by atoms with Crippen LogP contribution in [0.15, 0.2) is 72.9 Å². The summed E-state index contributed by atoms with van der Waals surface area (Å²) in [5.74, 6) is 0.526. The van der Waals surface area contributed by atoms with E-state index in [0.29, 0.717) is 28.9 Å². The van der Waals surface area contributed by atoms with Crippen LogP contribution in [-0.2, 0) is 4.74 Å². The number of aromatic nitrogens is 1. The fourth-order valence-electron chi connectivity index (χ4n) is 6.70. The van der Waals surface area contributed by atoms with E-state index in [9.17, 15) is 4.79 Å². The molecule has 0 aliphatic rings. The second kappa shape index (κ2) is 11.2. The van der Waals surface area contributed by atoms with Crippen LogP contribution in [0, 0.1) is 0 Å². The lowest BCUT2D eigenvalue weighted by Gasteiger charge is -2.44. The Balaban J connectivity index is 2.13. The van der Waals surface area contributed by atoms with Crippen LogP contribution in [0.5, 0.6) is 5.75 Å². The van der Waals surface area contributed by atoms with Crippen LogP contribution in [0.4, 0.5) is 0 Å². The fraction of sp³-hybridized carbons (Fsp3) is 0.364. The van der Waals surface area contributed by atoms with Gasteiger partial charge in [0.25, 0.3) is 0 Å². The number of hydrogen-bond acceptors (Lipinski definition) is 3. The first-order valence-electron chi connectivity index (χ1n) is 13.7. The van der Waals surface area contributed by atoms with Gasteiger partial charge in [0, 0.05) is 17.3 Å². The summed E-state index contributed by atoms with van der Waals surface area (Å²) in [5.41, 5.74) is 5.95. The number of esters is 1. The SMILES string of the molecule is CCOc1ccc(-c2c(-c3ccc4ccccc4c3)cn([Si](C(C)C)(C(C)C)C(C)C)c2C(=O)OC)cc1. The van der Waals surface area contributed by atoms with Gasteiger partial charge in [-0.3, -0.25) is 0 Å². The maximum atomic E-state index is 13.7. The van der Waals surface area contributed by atoms with E-state index >= 15 is 0 Å². The molecule has 0 aliphatic heterocycles. The van der Waals surface area contributed by atoms with Crippen LogP contribution < -0.4 is 4.74 Å². The van der Waals surface area contributed by atoms with Gasteiger partial charge in [-0.1, -0.05) is 90.1 Å². The van der Waals surface area contributed by atoms with E-state index in [1.165, 1.54) is 17.9 Å². The number of ether oxygens (including phenoxy) is 2. The van der Waals surface area contributed by atoms with E-state index in [0.717, 1.165) is 28.0 Å². The van der Waals surface area contributed by atoms with Gasteiger partial charge in [-0.15, -0.1) is 0 Å². The van der Waals surface area contributed by atoms with Crippen molar-refractivity contribution in [3.05, 3.63) is 78.6 Å². The lowest BCUT2D eigenvalue weighted by Crippen LogP contribution is -2.52. The predicted molar refractivity (Wildman–Crippen MR) is 162 cm³/mol. The Morgan fingerprint density at radius 1 is 0.816 bits per heavy atom. The number of rotatable bonds is 9. The Kier molecular flexibility index (Phi) is 8.17. The first kappa shape index (κ1) is 27.7. The molecule has 0 N–H and O–H groups in total. The minimum Gasteiger partial charge on any atom is -0.494 e. The average Bonchev–Trinajstić information content (AvgIpc) is 3.28. The number of hydrogen-bond donors (Lipinski definition) is 0. The molecule has 5 heteroatoms. The summed E-state index contributed by atoms with van der Waals surface area (Å²) in [6.07, 6.45) is 2.26. The number of methoxy groups -OCH3 is 1. The fourth-order valence-corrected chi connectivity index (χ4v) is 13.3. The Morgan fingerprint density at radius 3 is 1.95 bits per heavy atom. The molecule has 0 bridgehead atoms. The maximum Gasteiger partial charge on any atom is 0.354 e. The van der Waals surface area contributed by atoms with Gasteiger partial charge in [0.05, 0.1) is 13.7 Å². The highest BCUT2D eigenvalue weighted by Crippen LogP contribution is 2.48. The molecule has 0 saturated carbocycles. The van der Waals surface area contributed by atoms with Crippen molar-refractivity contribution in [2.75, 3.05) is 13.7 Å². The van der Waals surface area contributed by atoms with Crippen LogP contribution >= 0.6 is 0 Å². The lowest BCUT2D eigenvalue weighted by atomic mass is 9.95. The van der Waals surface area contributed by atoms with Crippen molar-refractivity contribution in [2.24, 2.45) is 0 Å². The van der Waals surface area contributed by atoms with Crippen LogP contribution in [0.1, 0.15) is 59.0 Å². The zero-order valence-electron chi connectivity index (χ0n) is 24.0. The van der Waals surface area contributed by atoms with Gasteiger partial charge in [0.15, 0.2) is 8.24 Å². The molecule has 3 aromatic carbocycles. The molecule has 0 saturated heterocycles. The van der Waals surface area contributed by atoms with Gasteiger partial charge in [-0.05, 0) is 63.6 Å². The molecule has 1 heterocycles. The summed E-state index contributed by atoms with van der Waals surface area (Å²) < 4.78 is 13.6. The summed E-state index contributed by atoms with van der Waals surface area (Å²) >= 11 is 0. The normalized spacial score (nSPS) is 12.1. The highest BCUT2D eigenvalue weighted by molar-refractivity contribution is 6.82. The van der Waals surface area contributed by atoms with Gasteiger partial charge >= 0.3 is 5.97 Å². The minimum atomic E-state index is -2.29. The van der Waals surface area contributed by atoms with E-state index in [2.05, 4.69) is 107 Å². The Labute approximate surface area is 228 Å². The number of carbonyl (C=O) groups excluding carboxylic acids is 1. The molecule has 0 radical (unpaired) electrons. The van der Waals surface area contributed by atoms with E-state index in [1.807, 2.05) is 19.1 Å². The summed E-state index contributed by atoms with van der Waals surface area (Å²) in [4.78, 5) is 13.7. The first-order valence-corrected chi connectivity index (χ1v) is 15.9. The van der Waals surface area contributed by atoms with Crippen LogP contribution in [0.25, 0.3) is 33.0 Å². The molecule has 0 amide bonds. The molecule has 0 aliphatic carbocycles. The highest BCUT2D eigenvalue weighted by atomic mass is 28.3. The number of carbonyl (C=O) groups is 1. The molecule has 4 aromatic rings. The summed E-state index contributed by atoms with van der Waals surface area (Å²) in [7, 11) is -0.803. The van der Waals surface area contributed by atoms with Crippen LogP contribution in [0.2, 0.25) is 16.6 Å². The molecule has 38 heavy (non-hydrogen) atoms. The minimum absolute atomic E-state index is 0.292. The monoisotopic (exact) mass is 527 g/mol. The van der Waals surface area contributed by atoms with Gasteiger partial charge in [0.1, 0.15) is 11.4 Å². The third-order valence-corrected chi connectivity index (χ3v) is 14.8. The molecular formula is C33H41NO3Si. The zero-order chi connectivity index (χ0) is 27.6. The van der Waals surface area contributed by atoms with Gasteiger partial charge in [0.2, 0.25) is 0 Å². The number of fused-ring (bicyclic) bond motifs is 1. The van der Waals surface area contributed by atoms with Gasteiger partial charge in [-0.2, -0.15) is 0 Å². The van der Waals surface area contributed by atoms with Crippen molar-refractivity contribution in [3.63, 3.8) is 0 Å². The Hall–Kier alpha value is -3.31. The molecule has 200 valence electrons. The summed E-state index contributed by atoms with van der Waals surface area (Å²) in [5, 5.41) is 2.37. The first-order chi connectivity index (χ1) is 18.2. The molecule has 0 fully saturated rings. The summed E-state index contributed by atoms with van der Waals surface area (Å²) in [6, 6.07) is 23.1. The molecule has 0 atom stereocenters. The topological polar surface area (TPSA) is 40.5 Å². The van der Waals surface area contributed by atoms with Gasteiger partial charge < -0.3 is 13.7 Å². The molecule has 0 spiro atoms. The predicted octanol–water partition coefficient (Wildman–Crippen LogP) is 9.18. The lowest BCUT2D eigenvalue weighted by molar-refractivity contribution is 0.0593. The van der Waals surface area contributed by atoms with E-state index in [4.69, 9.17) is 9.47 Å². The van der Waals surface area contributed by atoms with Crippen molar-refractivity contribution in [2.45, 2.75) is 65.1 Å². The van der Waals surface area contributed by atoms with Crippen molar-refractivity contribution < 1.29 is 14.3 Å². The second-order valence-electron chi connectivity index (χ2n) is 11.0. The third kappa shape index (κ3) is 4.69. The second-order valence-corrected chi connectivity index (χ2v) is 16.7. The maximum absolute atomic E-state index is 13.7. The Morgan fingerprint density at radius 2 is 1.39 bits per heavy atom. The quantitative estimate of drug-likeness (QED) is 0.161. The molecule has 4 rings (SSSR count). The number of nitrogens with zero attached hydrogens (tertiary/aromatic N) is 1. The van der Waals surface area contributed by atoms with Crippen molar-refractivity contribution >= 4 is 25.0 Å². The largest absolute Gasteiger partial charge is 0.494 e. The molecular weight excluding hydrogens is 486 g/mol. The zero-order valence-corrected chi connectivity index (χ0v) is 25.0. The number of benzene rings is 3. The van der Waals surface area contributed by atoms with Crippen LogP contribution in [0.3, 0.4) is 0 Å². The molecule has 1 aromatic heterocycles. The molecule has 0 unspecified atom stereocenters. The average molecular weight is 528 g/mol. The van der Waals surface area contributed by atoms with Crippen molar-refractivity contribution in [1.82, 2.24) is 4.23 Å². The highest BCUT2D eigenvalue weighted by Gasteiger charge is 2.48. The van der Waals surface area contributed by atoms with Crippen LogP contribution in [-0.4, -0.2) is 32.2 Å². The van der Waals surface area contributed by atoms with Crippen molar-refractivity contribution in [3.8, 4) is 28.0 Å². The molecule has 4 nitrogen and oxygen atoms in total. The Bertz CT molecular complexity index is 1390. The van der Waals surface area contributed by atoms with E-state index in [-0.39, 0.29) is 5.97 Å². The van der Waals surface area contributed by atoms with Crippen molar-refractivity contribution in [1.29, 1.82) is 0 Å². The smallest absolute Gasteiger partial charge is 0.354 e. The van der Waals surface area contributed by atoms with Gasteiger partial charge in [-0.25, -0.2) is 4.79 Å². The van der Waals surface area contributed by atoms with E-state index in [1.54, 1.807) is 0 Å². The standard InChI is InChI=1S/C33H41NO3Si/c1-9-37-29-18-16-26(17-19-29)31-30(28-15-14-25-12-10-11-13-27(25)20-28)21-34(32(31)33(35)36-8)38(22(2)3,23(4)5)24(6)7/h10-24H,9H2,1-8H3.